The summed E-state index contributed by atoms with van der Waals surface area (Å²) in [5.41, 5.74) is 0.477. The first-order chi connectivity index (χ1) is 11.9. The Balaban J connectivity index is 2.57. The fraction of sp³-hybridized carbons (Fsp3) is 0.412. The summed E-state index contributed by atoms with van der Waals surface area (Å²) >= 11 is 1.25. The normalized spacial score (nSPS) is 12.1. The zero-order valence-electron chi connectivity index (χ0n) is 14.1. The van der Waals surface area contributed by atoms with E-state index < -0.39 is 24.6 Å². The molecule has 0 saturated carbocycles. The van der Waals surface area contributed by atoms with Gasteiger partial charge >= 0.3 is 5.97 Å². The zero-order chi connectivity index (χ0) is 18.6. The van der Waals surface area contributed by atoms with E-state index in [1.54, 1.807) is 0 Å². The van der Waals surface area contributed by atoms with E-state index in [4.69, 9.17) is 4.74 Å². The van der Waals surface area contributed by atoms with Gasteiger partial charge in [0, 0.05) is 10.4 Å². The van der Waals surface area contributed by atoms with Crippen LogP contribution in [-0.4, -0.2) is 35.9 Å². The molecule has 0 aliphatic rings. The number of hydrogen-bond acceptors (Lipinski definition) is 6. The van der Waals surface area contributed by atoms with Crippen molar-refractivity contribution in [1.29, 1.82) is 0 Å². The Labute approximate surface area is 148 Å². The van der Waals surface area contributed by atoms with E-state index in [0.717, 1.165) is 10.9 Å². The number of ether oxygens (including phenoxy) is 2. The minimum Gasteiger partial charge on any atom is -0.487 e. The number of carbonyl (C=O) groups is 1. The number of methoxy groups -OCH3 is 1. The van der Waals surface area contributed by atoms with Gasteiger partial charge in [0.15, 0.2) is 0 Å². The van der Waals surface area contributed by atoms with Crippen molar-refractivity contribution < 1.29 is 28.2 Å². The monoisotopic (exact) mass is 371 g/mol. The van der Waals surface area contributed by atoms with Crippen LogP contribution in [0.25, 0.3) is 10.6 Å². The van der Waals surface area contributed by atoms with Crippen LogP contribution in [0, 0.1) is 5.82 Å². The second-order valence-electron chi connectivity index (χ2n) is 5.30. The number of carbonyl (C=O) groups excluding carboxylic acids is 1. The lowest BCUT2D eigenvalue weighted by Crippen LogP contribution is -2.16. The first kappa shape index (κ1) is 19.3. The van der Waals surface area contributed by atoms with Crippen molar-refractivity contribution in [3.05, 3.63) is 34.1 Å². The molecule has 0 bridgehead atoms. The Bertz CT molecular complexity index is 742. The Morgan fingerprint density at radius 3 is 2.68 bits per heavy atom. The van der Waals surface area contributed by atoms with Gasteiger partial charge in [-0.1, -0.05) is 6.92 Å². The van der Waals surface area contributed by atoms with E-state index in [0.29, 0.717) is 17.1 Å². The number of hydrogen-bond donors (Lipinski definition) is 1. The summed E-state index contributed by atoms with van der Waals surface area (Å²) in [6.45, 7) is 2.39. The van der Waals surface area contributed by atoms with E-state index in [1.165, 1.54) is 31.4 Å². The van der Waals surface area contributed by atoms with Gasteiger partial charge in [0.2, 0.25) is 0 Å². The Morgan fingerprint density at radius 1 is 1.44 bits per heavy atom. The molecule has 1 N–H and O–H groups in total. The fourth-order valence-corrected chi connectivity index (χ4v) is 3.26. The number of aliphatic hydroxyl groups is 1. The molecule has 0 unspecified atom stereocenters. The average molecular weight is 371 g/mol. The van der Waals surface area contributed by atoms with Gasteiger partial charge in [0.05, 0.1) is 19.4 Å². The minimum atomic E-state index is -0.808. The van der Waals surface area contributed by atoms with Crippen molar-refractivity contribution in [2.75, 3.05) is 13.8 Å². The predicted molar refractivity (Wildman–Crippen MR) is 90.2 cm³/mol. The summed E-state index contributed by atoms with van der Waals surface area (Å²) in [6, 6.07) is 2.31. The molecule has 8 heteroatoms. The number of alkyl halides is 1. The summed E-state index contributed by atoms with van der Waals surface area (Å²) in [7, 11) is 1.17. The van der Waals surface area contributed by atoms with Crippen molar-refractivity contribution in [3.63, 3.8) is 0 Å². The summed E-state index contributed by atoms with van der Waals surface area (Å²) in [4.78, 5) is 16.9. The molecule has 1 aromatic heterocycles. The predicted octanol–water partition coefficient (Wildman–Crippen LogP) is 3.53. The van der Waals surface area contributed by atoms with Gasteiger partial charge in [0.25, 0.3) is 0 Å². The molecule has 0 amide bonds. The highest BCUT2D eigenvalue weighted by Gasteiger charge is 2.22. The van der Waals surface area contributed by atoms with Gasteiger partial charge in [-0.2, -0.15) is 0 Å². The minimum absolute atomic E-state index is 0.0206. The number of aliphatic hydroxyl groups excluding tert-OH is 1. The molecule has 0 fully saturated rings. The van der Waals surface area contributed by atoms with Crippen LogP contribution in [0.2, 0.25) is 0 Å². The van der Waals surface area contributed by atoms with Gasteiger partial charge in [-0.05, 0) is 25.5 Å². The number of rotatable bonds is 7. The molecule has 5 nitrogen and oxygen atoms in total. The maximum Gasteiger partial charge on any atom is 0.341 e. The standard InChI is InChI=1S/C17H19F2NO4S/c1-4-15-13(8-21)20-16(25-15)10-6-14(24-9(2)7-18)11(5-12(10)19)17(22)23-3/h5-6,9,21H,4,7-8H2,1-3H3/t9-/m0/s1. The van der Waals surface area contributed by atoms with Crippen molar-refractivity contribution in [1.82, 2.24) is 4.98 Å². The summed E-state index contributed by atoms with van der Waals surface area (Å²) in [5, 5.41) is 9.71. The third-order valence-electron chi connectivity index (χ3n) is 3.50. The SMILES string of the molecule is CCc1sc(-c2cc(O[C@@H](C)CF)c(C(=O)OC)cc2F)nc1CO. The van der Waals surface area contributed by atoms with Crippen LogP contribution < -0.4 is 4.74 Å². The molecule has 0 saturated heterocycles. The molecule has 0 radical (unpaired) electrons. The first-order valence-electron chi connectivity index (χ1n) is 7.69. The van der Waals surface area contributed by atoms with Gasteiger partial charge in [-0.25, -0.2) is 18.6 Å². The van der Waals surface area contributed by atoms with Gasteiger partial charge in [-0.15, -0.1) is 11.3 Å². The quantitative estimate of drug-likeness (QED) is 0.754. The zero-order valence-corrected chi connectivity index (χ0v) is 15.0. The van der Waals surface area contributed by atoms with Crippen LogP contribution in [-0.2, 0) is 17.8 Å². The molecule has 0 aliphatic carbocycles. The van der Waals surface area contributed by atoms with Crippen LogP contribution in [0.15, 0.2) is 12.1 Å². The topological polar surface area (TPSA) is 68.7 Å². The molecular weight excluding hydrogens is 352 g/mol. The lowest BCUT2D eigenvalue weighted by molar-refractivity contribution is 0.0591. The Kier molecular flexibility index (Phi) is 6.44. The van der Waals surface area contributed by atoms with Crippen LogP contribution in [0.3, 0.4) is 0 Å². The number of thiazole rings is 1. The fourth-order valence-electron chi connectivity index (χ4n) is 2.23. The molecule has 1 heterocycles. The van der Waals surface area contributed by atoms with Crippen molar-refractivity contribution in [3.8, 4) is 16.3 Å². The Hall–Kier alpha value is -2.06. The molecule has 25 heavy (non-hydrogen) atoms. The summed E-state index contributed by atoms with van der Waals surface area (Å²) in [6.07, 6.45) is -0.158. The number of halogens is 2. The van der Waals surface area contributed by atoms with Crippen LogP contribution >= 0.6 is 11.3 Å². The van der Waals surface area contributed by atoms with Crippen LogP contribution in [0.4, 0.5) is 8.78 Å². The van der Waals surface area contributed by atoms with E-state index in [9.17, 15) is 18.7 Å². The smallest absolute Gasteiger partial charge is 0.341 e. The van der Waals surface area contributed by atoms with Crippen molar-refractivity contribution in [2.24, 2.45) is 0 Å². The number of aromatic nitrogens is 1. The van der Waals surface area contributed by atoms with Gasteiger partial charge in [0.1, 0.15) is 34.9 Å². The number of nitrogens with zero attached hydrogens (tertiary/aromatic N) is 1. The van der Waals surface area contributed by atoms with E-state index in [2.05, 4.69) is 9.72 Å². The maximum absolute atomic E-state index is 14.5. The highest BCUT2D eigenvalue weighted by molar-refractivity contribution is 7.15. The van der Waals surface area contributed by atoms with Gasteiger partial charge in [-0.3, -0.25) is 0 Å². The van der Waals surface area contributed by atoms with E-state index in [-0.39, 0.29) is 23.5 Å². The third-order valence-corrected chi connectivity index (χ3v) is 4.77. The van der Waals surface area contributed by atoms with E-state index >= 15 is 0 Å². The number of benzene rings is 1. The lowest BCUT2D eigenvalue weighted by Gasteiger charge is -2.15. The Morgan fingerprint density at radius 2 is 2.16 bits per heavy atom. The number of aryl methyl sites for hydroxylation is 1. The van der Waals surface area contributed by atoms with Crippen LogP contribution in [0.5, 0.6) is 5.75 Å². The highest BCUT2D eigenvalue weighted by atomic mass is 32.1. The van der Waals surface area contributed by atoms with Crippen molar-refractivity contribution in [2.45, 2.75) is 33.0 Å². The molecule has 0 aliphatic heterocycles. The number of esters is 1. The van der Waals surface area contributed by atoms with Crippen molar-refractivity contribution >= 4 is 17.3 Å². The molecule has 0 spiro atoms. The summed E-state index contributed by atoms with van der Waals surface area (Å²) < 4.78 is 37.4. The van der Waals surface area contributed by atoms with Gasteiger partial charge < -0.3 is 14.6 Å². The average Bonchev–Trinajstić information content (AvgIpc) is 3.05. The second-order valence-corrected chi connectivity index (χ2v) is 6.39. The molecule has 1 aromatic carbocycles. The van der Waals surface area contributed by atoms with Crippen LogP contribution in [0.1, 0.15) is 34.8 Å². The highest BCUT2D eigenvalue weighted by Crippen LogP contribution is 2.35. The first-order valence-corrected chi connectivity index (χ1v) is 8.51. The lowest BCUT2D eigenvalue weighted by atomic mass is 10.1. The molecule has 136 valence electrons. The molecule has 1 atom stereocenters. The maximum atomic E-state index is 14.5. The molecule has 2 rings (SSSR count). The molecular formula is C17H19F2NO4S. The second kappa shape index (κ2) is 8.35. The molecule has 2 aromatic rings. The third kappa shape index (κ3) is 4.13. The van der Waals surface area contributed by atoms with E-state index in [1.807, 2.05) is 6.92 Å². The largest absolute Gasteiger partial charge is 0.487 e. The summed E-state index contributed by atoms with van der Waals surface area (Å²) in [5.74, 6) is -1.44.